The smallest absolute Gasteiger partial charge is 0.381 e. The minimum Gasteiger partial charge on any atom is -0.381 e. The van der Waals surface area contributed by atoms with E-state index in [4.69, 9.17) is 10.4 Å². The number of alkyl halides is 9. The van der Waals surface area contributed by atoms with Crippen LogP contribution in [-0.2, 0) is 10.9 Å². The summed E-state index contributed by atoms with van der Waals surface area (Å²) in [6, 6.07) is 2.76. The van der Waals surface area contributed by atoms with Gasteiger partial charge in [-0.05, 0) is 18.2 Å². The number of hydrogen-bond acceptors (Lipinski definition) is 4. The summed E-state index contributed by atoms with van der Waals surface area (Å²) >= 11 is 0. The molecule has 1 N–H and O–H groups in total. The van der Waals surface area contributed by atoms with Gasteiger partial charge in [-0.15, -0.1) is 0 Å². The molecule has 1 aromatic rings. The van der Waals surface area contributed by atoms with Crippen LogP contribution >= 0.6 is 0 Å². The van der Waals surface area contributed by atoms with Crippen LogP contribution in [0.5, 0.6) is 0 Å². The normalized spacial score (nSPS) is 22.6. The molecule has 13 heteroatoms. The van der Waals surface area contributed by atoms with Crippen molar-refractivity contribution in [2.24, 2.45) is 0 Å². The third kappa shape index (κ3) is 4.38. The Bertz CT molecular complexity index is 736. The Hall–Kier alpha value is -2.20. The summed E-state index contributed by atoms with van der Waals surface area (Å²) in [4.78, 5) is 0.121. The summed E-state index contributed by atoms with van der Waals surface area (Å²) in [6.07, 6.45) is -24.3. The predicted molar refractivity (Wildman–Crippen MR) is 70.3 cm³/mol. The van der Waals surface area contributed by atoms with Crippen LogP contribution in [0.25, 0.3) is 0 Å². The highest BCUT2D eigenvalue weighted by atomic mass is 19.4. The van der Waals surface area contributed by atoms with Gasteiger partial charge in [0.2, 0.25) is 6.23 Å². The standard InChI is InChI=1S/C14H9F9N2O2/c15-12(16,17)8-3-7(2-1-6(8)4-24)25-5-9(10(26)13(18,19)20)27-11(25)14(21,22)23/h1-3,9-11,26H,5H2/t9-,10+,11-/m0/s1. The van der Waals surface area contributed by atoms with Gasteiger partial charge in [0.25, 0.3) is 0 Å². The number of nitrogens with zero attached hydrogens (tertiary/aromatic N) is 2. The Labute approximate surface area is 145 Å². The first-order valence-corrected chi connectivity index (χ1v) is 7.01. The molecule has 1 aliphatic heterocycles. The lowest BCUT2D eigenvalue weighted by molar-refractivity contribution is -0.258. The molecule has 0 spiro atoms. The third-order valence-corrected chi connectivity index (χ3v) is 3.69. The van der Waals surface area contributed by atoms with Gasteiger partial charge < -0.3 is 14.7 Å². The second-order valence-corrected chi connectivity index (χ2v) is 5.55. The first-order chi connectivity index (χ1) is 12.2. The minimum absolute atomic E-state index is 0.121. The molecule has 0 bridgehead atoms. The average molecular weight is 408 g/mol. The van der Waals surface area contributed by atoms with E-state index in [2.05, 4.69) is 4.74 Å². The van der Waals surface area contributed by atoms with Crippen LogP contribution in [0.4, 0.5) is 45.2 Å². The Balaban J connectivity index is 2.47. The summed E-state index contributed by atoms with van der Waals surface area (Å²) in [7, 11) is 0. The molecule has 27 heavy (non-hydrogen) atoms. The average Bonchev–Trinajstić information content (AvgIpc) is 2.97. The number of rotatable bonds is 2. The van der Waals surface area contributed by atoms with Crippen LogP contribution < -0.4 is 4.90 Å². The molecule has 0 radical (unpaired) electrons. The van der Waals surface area contributed by atoms with E-state index in [-0.39, 0.29) is 11.0 Å². The van der Waals surface area contributed by atoms with E-state index in [9.17, 15) is 39.5 Å². The highest BCUT2D eigenvalue weighted by Crippen LogP contribution is 2.40. The van der Waals surface area contributed by atoms with Gasteiger partial charge in [0, 0.05) is 12.2 Å². The summed E-state index contributed by atoms with van der Waals surface area (Å²) in [5.41, 5.74) is -3.19. The fourth-order valence-corrected chi connectivity index (χ4v) is 2.49. The second kappa shape index (κ2) is 6.75. The van der Waals surface area contributed by atoms with Gasteiger partial charge in [-0.25, -0.2) is 0 Å². The number of nitriles is 1. The van der Waals surface area contributed by atoms with E-state index >= 15 is 0 Å². The SMILES string of the molecule is N#Cc1ccc(N2C[C@@H]([C@@H](O)C(F)(F)F)O[C@H]2C(F)(F)F)cc1C(F)(F)F. The number of benzene rings is 1. The number of aliphatic hydroxyl groups is 1. The van der Waals surface area contributed by atoms with Crippen LogP contribution in [0.2, 0.25) is 0 Å². The van der Waals surface area contributed by atoms with Crippen molar-refractivity contribution in [1.29, 1.82) is 5.26 Å². The molecule has 3 atom stereocenters. The zero-order valence-corrected chi connectivity index (χ0v) is 12.8. The largest absolute Gasteiger partial charge is 0.433 e. The van der Waals surface area contributed by atoms with Gasteiger partial charge in [0.1, 0.15) is 6.10 Å². The predicted octanol–water partition coefficient (Wildman–Crippen LogP) is 3.59. The monoisotopic (exact) mass is 408 g/mol. The van der Waals surface area contributed by atoms with Crippen molar-refractivity contribution in [2.75, 3.05) is 11.4 Å². The molecule has 1 fully saturated rings. The molecule has 1 aliphatic rings. The molecule has 4 nitrogen and oxygen atoms in total. The summed E-state index contributed by atoms with van der Waals surface area (Å²) in [5.74, 6) is 0. The molecular weight excluding hydrogens is 399 g/mol. The fraction of sp³-hybridized carbons (Fsp3) is 0.500. The molecule has 0 aromatic heterocycles. The molecule has 2 rings (SSSR count). The lowest BCUT2D eigenvalue weighted by Crippen LogP contribution is -2.42. The maximum atomic E-state index is 13.1. The lowest BCUT2D eigenvalue weighted by Gasteiger charge is -2.27. The number of hydrogen-bond donors (Lipinski definition) is 1. The van der Waals surface area contributed by atoms with E-state index in [1.807, 2.05) is 0 Å². The maximum Gasteiger partial charge on any atom is 0.433 e. The number of halogens is 9. The Morgan fingerprint density at radius 3 is 2.15 bits per heavy atom. The van der Waals surface area contributed by atoms with Crippen LogP contribution in [0.15, 0.2) is 18.2 Å². The van der Waals surface area contributed by atoms with Crippen LogP contribution in [0.1, 0.15) is 11.1 Å². The van der Waals surface area contributed by atoms with Crippen LogP contribution in [0, 0.1) is 11.3 Å². The molecule has 1 saturated heterocycles. The van der Waals surface area contributed by atoms with Crippen molar-refractivity contribution in [3.63, 3.8) is 0 Å². The molecular formula is C14H9F9N2O2. The van der Waals surface area contributed by atoms with E-state index in [1.54, 1.807) is 0 Å². The third-order valence-electron chi connectivity index (χ3n) is 3.69. The molecule has 0 unspecified atom stereocenters. The van der Waals surface area contributed by atoms with E-state index in [0.717, 1.165) is 6.07 Å². The van der Waals surface area contributed by atoms with Gasteiger partial charge in [-0.1, -0.05) is 0 Å². The zero-order valence-electron chi connectivity index (χ0n) is 12.8. The topological polar surface area (TPSA) is 56.5 Å². The van der Waals surface area contributed by atoms with Crippen molar-refractivity contribution in [3.8, 4) is 6.07 Å². The molecule has 0 amide bonds. The van der Waals surface area contributed by atoms with Crippen molar-refractivity contribution in [3.05, 3.63) is 29.3 Å². The number of ether oxygens (including phenoxy) is 1. The van der Waals surface area contributed by atoms with Crippen molar-refractivity contribution in [1.82, 2.24) is 0 Å². The Morgan fingerprint density at radius 1 is 1.11 bits per heavy atom. The van der Waals surface area contributed by atoms with Gasteiger partial charge in [0.15, 0.2) is 6.10 Å². The zero-order chi connectivity index (χ0) is 20.8. The quantitative estimate of drug-likeness (QED) is 0.761. The number of aliphatic hydroxyl groups excluding tert-OH is 1. The highest BCUT2D eigenvalue weighted by Gasteiger charge is 2.56. The second-order valence-electron chi connectivity index (χ2n) is 5.55. The first kappa shape index (κ1) is 21.1. The molecule has 0 saturated carbocycles. The van der Waals surface area contributed by atoms with Gasteiger partial charge in [-0.3, -0.25) is 0 Å². The lowest BCUT2D eigenvalue weighted by atomic mass is 10.1. The van der Waals surface area contributed by atoms with E-state index in [1.165, 1.54) is 6.07 Å². The number of anilines is 1. The summed E-state index contributed by atoms with van der Waals surface area (Å²) in [6.45, 7) is -1.17. The maximum absolute atomic E-state index is 13.1. The molecule has 0 aliphatic carbocycles. The van der Waals surface area contributed by atoms with Crippen LogP contribution in [0.3, 0.4) is 0 Å². The Morgan fingerprint density at radius 2 is 1.70 bits per heavy atom. The van der Waals surface area contributed by atoms with E-state index in [0.29, 0.717) is 6.07 Å². The van der Waals surface area contributed by atoms with Crippen molar-refractivity contribution < 1.29 is 49.4 Å². The summed E-state index contributed by atoms with van der Waals surface area (Å²) in [5, 5.41) is 17.8. The first-order valence-electron chi connectivity index (χ1n) is 7.01. The highest BCUT2D eigenvalue weighted by molar-refractivity contribution is 5.56. The molecule has 1 aromatic carbocycles. The van der Waals surface area contributed by atoms with Gasteiger partial charge >= 0.3 is 18.5 Å². The van der Waals surface area contributed by atoms with Crippen molar-refractivity contribution in [2.45, 2.75) is 37.0 Å². The van der Waals surface area contributed by atoms with Crippen LogP contribution in [-0.4, -0.2) is 42.4 Å². The minimum atomic E-state index is -5.29. The molecule has 150 valence electrons. The molecule has 1 heterocycles. The van der Waals surface area contributed by atoms with Gasteiger partial charge in [0.05, 0.1) is 17.2 Å². The van der Waals surface area contributed by atoms with E-state index < -0.39 is 60.3 Å². The fourth-order valence-electron chi connectivity index (χ4n) is 2.49. The van der Waals surface area contributed by atoms with Gasteiger partial charge in [-0.2, -0.15) is 44.8 Å². The Kier molecular flexibility index (Phi) is 5.28. The summed E-state index contributed by atoms with van der Waals surface area (Å²) < 4.78 is 120. The van der Waals surface area contributed by atoms with Crippen molar-refractivity contribution >= 4 is 5.69 Å².